The minimum Gasteiger partial charge on any atom is -0.465 e. The molecule has 0 N–H and O–H groups in total. The molecule has 28 heavy (non-hydrogen) atoms. The Morgan fingerprint density at radius 3 is 2.61 bits per heavy atom. The van der Waals surface area contributed by atoms with E-state index in [-0.39, 0.29) is 11.7 Å². The van der Waals surface area contributed by atoms with Crippen molar-refractivity contribution in [3.63, 3.8) is 0 Å². The number of nitrogens with zero attached hydrogens (tertiary/aromatic N) is 5. The first-order valence-corrected chi connectivity index (χ1v) is 10.9. The van der Waals surface area contributed by atoms with Crippen LogP contribution in [0.1, 0.15) is 18.3 Å². The van der Waals surface area contributed by atoms with Crippen LogP contribution in [0, 0.1) is 0 Å². The van der Waals surface area contributed by atoms with Gasteiger partial charge in [0.2, 0.25) is 0 Å². The van der Waals surface area contributed by atoms with Crippen molar-refractivity contribution in [1.82, 2.24) is 24.7 Å². The maximum atomic E-state index is 11.7. The van der Waals surface area contributed by atoms with Crippen molar-refractivity contribution in [3.8, 4) is 0 Å². The zero-order valence-corrected chi connectivity index (χ0v) is 17.2. The fourth-order valence-electron chi connectivity index (χ4n) is 2.46. The molecular weight excluding hydrogens is 394 g/mol. The summed E-state index contributed by atoms with van der Waals surface area (Å²) in [7, 11) is 0. The maximum absolute atomic E-state index is 11.7. The van der Waals surface area contributed by atoms with Crippen LogP contribution in [0.4, 0.5) is 0 Å². The Morgan fingerprint density at radius 2 is 1.86 bits per heavy atom. The van der Waals surface area contributed by atoms with E-state index < -0.39 is 0 Å². The van der Waals surface area contributed by atoms with Gasteiger partial charge in [-0.1, -0.05) is 53.9 Å². The molecule has 0 saturated carbocycles. The van der Waals surface area contributed by atoms with Gasteiger partial charge in [-0.15, -0.1) is 10.2 Å². The summed E-state index contributed by atoms with van der Waals surface area (Å²) in [6.07, 6.45) is 4.29. The van der Waals surface area contributed by atoms with E-state index in [4.69, 9.17) is 4.74 Å². The second kappa shape index (κ2) is 10.8. The van der Waals surface area contributed by atoms with E-state index in [0.717, 1.165) is 18.8 Å². The Hall–Kier alpha value is -2.39. The molecule has 0 amide bonds. The van der Waals surface area contributed by atoms with Gasteiger partial charge in [0.15, 0.2) is 10.3 Å². The summed E-state index contributed by atoms with van der Waals surface area (Å²) in [5.41, 5.74) is 1.24. The minimum absolute atomic E-state index is 0.215. The molecule has 0 radical (unpaired) electrons. The smallest absolute Gasteiger partial charge is 0.316 e. The van der Waals surface area contributed by atoms with Crippen LogP contribution in [0.15, 0.2) is 59.1 Å². The lowest BCUT2D eigenvalue weighted by atomic mass is 10.1. The van der Waals surface area contributed by atoms with Crippen molar-refractivity contribution in [3.05, 3.63) is 60.2 Å². The lowest BCUT2D eigenvalue weighted by molar-refractivity contribution is -0.139. The van der Waals surface area contributed by atoms with Crippen molar-refractivity contribution in [2.45, 2.75) is 36.0 Å². The van der Waals surface area contributed by atoms with Gasteiger partial charge in [0.05, 0.1) is 18.1 Å². The van der Waals surface area contributed by atoms with Crippen LogP contribution in [-0.2, 0) is 28.2 Å². The summed E-state index contributed by atoms with van der Waals surface area (Å²) in [6, 6.07) is 12.0. The van der Waals surface area contributed by atoms with E-state index in [1.54, 1.807) is 25.4 Å². The molecule has 2 heterocycles. The predicted molar refractivity (Wildman–Crippen MR) is 109 cm³/mol. The Bertz CT molecular complexity index is 875. The third-order valence-corrected chi connectivity index (χ3v) is 5.57. The summed E-state index contributed by atoms with van der Waals surface area (Å²) in [5.74, 6) is 1.40. The minimum atomic E-state index is -0.251. The van der Waals surface area contributed by atoms with Crippen LogP contribution in [0.25, 0.3) is 0 Å². The third kappa shape index (κ3) is 6.07. The largest absolute Gasteiger partial charge is 0.465 e. The molecule has 1 aromatic carbocycles. The summed E-state index contributed by atoms with van der Waals surface area (Å²) < 4.78 is 7.07. The number of aromatic nitrogens is 5. The molecule has 9 heteroatoms. The van der Waals surface area contributed by atoms with Crippen molar-refractivity contribution < 1.29 is 9.53 Å². The second-order valence-electron chi connectivity index (χ2n) is 5.70. The zero-order chi connectivity index (χ0) is 19.6. The zero-order valence-electron chi connectivity index (χ0n) is 15.5. The van der Waals surface area contributed by atoms with Crippen LogP contribution in [0.5, 0.6) is 0 Å². The SMILES string of the molecule is CCOC(=O)CSc1nnc(CSc2ncccn2)n1CCc1ccccc1. The van der Waals surface area contributed by atoms with Crippen LogP contribution < -0.4 is 0 Å². The number of benzene rings is 1. The van der Waals surface area contributed by atoms with Crippen molar-refractivity contribution in [1.29, 1.82) is 0 Å². The average Bonchev–Trinajstić information content (AvgIpc) is 3.12. The third-order valence-electron chi connectivity index (χ3n) is 3.76. The molecule has 0 aliphatic heterocycles. The van der Waals surface area contributed by atoms with Gasteiger partial charge in [-0.05, 0) is 25.0 Å². The van der Waals surface area contributed by atoms with Gasteiger partial charge < -0.3 is 9.30 Å². The molecule has 0 fully saturated rings. The van der Waals surface area contributed by atoms with E-state index in [9.17, 15) is 4.79 Å². The number of hydrogen-bond donors (Lipinski definition) is 0. The van der Waals surface area contributed by atoms with Gasteiger partial charge in [0, 0.05) is 18.9 Å². The standard InChI is InChI=1S/C19H21N5O2S2/c1-2-26-17(25)14-28-19-23-22-16(13-27-18-20-10-6-11-21-18)24(19)12-9-15-7-4-3-5-8-15/h3-8,10-11H,2,9,12-14H2,1H3. The molecule has 3 aromatic rings. The first kappa shape index (κ1) is 20.3. The fraction of sp³-hybridized carbons (Fsp3) is 0.316. The molecule has 0 atom stereocenters. The molecule has 0 aliphatic carbocycles. The van der Waals surface area contributed by atoms with E-state index >= 15 is 0 Å². The summed E-state index contributed by atoms with van der Waals surface area (Å²) in [5, 5.41) is 10.0. The predicted octanol–water partition coefficient (Wildman–Crippen LogP) is 3.26. The highest BCUT2D eigenvalue weighted by Crippen LogP contribution is 2.23. The first-order chi connectivity index (χ1) is 13.8. The van der Waals surface area contributed by atoms with E-state index in [1.165, 1.54) is 29.1 Å². The highest BCUT2D eigenvalue weighted by atomic mass is 32.2. The van der Waals surface area contributed by atoms with Crippen LogP contribution >= 0.6 is 23.5 Å². The molecule has 0 spiro atoms. The van der Waals surface area contributed by atoms with Gasteiger partial charge in [-0.25, -0.2) is 9.97 Å². The topological polar surface area (TPSA) is 82.8 Å². The van der Waals surface area contributed by atoms with E-state index in [2.05, 4.69) is 36.9 Å². The van der Waals surface area contributed by atoms with Crippen molar-refractivity contribution >= 4 is 29.5 Å². The Balaban J connectivity index is 1.70. The highest BCUT2D eigenvalue weighted by Gasteiger charge is 2.15. The molecule has 7 nitrogen and oxygen atoms in total. The van der Waals surface area contributed by atoms with Gasteiger partial charge >= 0.3 is 5.97 Å². The average molecular weight is 416 g/mol. The molecule has 2 aromatic heterocycles. The van der Waals surface area contributed by atoms with Crippen LogP contribution in [0.2, 0.25) is 0 Å². The Labute approximate surface area is 172 Å². The summed E-state index contributed by atoms with van der Waals surface area (Å²) in [6.45, 7) is 2.90. The number of carbonyl (C=O) groups excluding carboxylic acids is 1. The normalized spacial score (nSPS) is 10.8. The van der Waals surface area contributed by atoms with Crippen molar-refractivity contribution in [2.24, 2.45) is 0 Å². The Kier molecular flexibility index (Phi) is 7.86. The molecule has 146 valence electrons. The summed E-state index contributed by atoms with van der Waals surface area (Å²) in [4.78, 5) is 20.2. The molecule has 0 bridgehead atoms. The molecule has 0 unspecified atom stereocenters. The lowest BCUT2D eigenvalue weighted by Gasteiger charge is -2.10. The monoisotopic (exact) mass is 415 g/mol. The summed E-state index contributed by atoms with van der Waals surface area (Å²) >= 11 is 2.86. The fourth-order valence-corrected chi connectivity index (χ4v) is 3.98. The number of thioether (sulfide) groups is 2. The number of aryl methyl sites for hydroxylation is 1. The number of hydrogen-bond acceptors (Lipinski definition) is 8. The number of carbonyl (C=O) groups is 1. The van der Waals surface area contributed by atoms with Gasteiger partial charge in [-0.3, -0.25) is 4.79 Å². The molecule has 3 rings (SSSR count). The van der Waals surface area contributed by atoms with Crippen molar-refractivity contribution in [2.75, 3.05) is 12.4 Å². The van der Waals surface area contributed by atoms with Gasteiger partial charge in [0.25, 0.3) is 0 Å². The molecule has 0 aliphatic rings. The first-order valence-electron chi connectivity index (χ1n) is 8.90. The Morgan fingerprint density at radius 1 is 1.07 bits per heavy atom. The van der Waals surface area contributed by atoms with E-state index in [1.807, 2.05) is 18.2 Å². The van der Waals surface area contributed by atoms with E-state index in [0.29, 0.717) is 22.7 Å². The number of ether oxygens (including phenoxy) is 1. The van der Waals surface area contributed by atoms with Gasteiger partial charge in [0.1, 0.15) is 5.82 Å². The molecular formula is C19H21N5O2S2. The number of esters is 1. The molecule has 0 saturated heterocycles. The quantitative estimate of drug-likeness (QED) is 0.283. The highest BCUT2D eigenvalue weighted by molar-refractivity contribution is 7.99. The van der Waals surface area contributed by atoms with Gasteiger partial charge in [-0.2, -0.15) is 0 Å². The van der Waals surface area contributed by atoms with Crippen LogP contribution in [0.3, 0.4) is 0 Å². The second-order valence-corrected chi connectivity index (χ2v) is 7.58. The lowest BCUT2D eigenvalue weighted by Crippen LogP contribution is -2.10. The maximum Gasteiger partial charge on any atom is 0.316 e. The number of rotatable bonds is 10. The van der Waals surface area contributed by atoms with Crippen LogP contribution in [-0.4, -0.2) is 43.1 Å².